The summed E-state index contributed by atoms with van der Waals surface area (Å²) in [5, 5.41) is 0. The van der Waals surface area contributed by atoms with Crippen LogP contribution in [0.4, 0.5) is 0 Å². The smallest absolute Gasteiger partial charge is 0.223 e. The normalized spacial score (nSPS) is 12.9. The van der Waals surface area contributed by atoms with E-state index in [4.69, 9.17) is 9.47 Å². The van der Waals surface area contributed by atoms with Gasteiger partial charge in [-0.25, -0.2) is 0 Å². The molecule has 0 bridgehead atoms. The third-order valence-corrected chi connectivity index (χ3v) is 5.72. The van der Waals surface area contributed by atoms with Gasteiger partial charge in [0, 0.05) is 37.8 Å². The molecule has 2 aromatic carbocycles. The average molecular weight is 431 g/mol. The molecule has 1 heterocycles. The molecule has 0 unspecified atom stereocenters. The van der Waals surface area contributed by atoms with Gasteiger partial charge in [-0.3, -0.25) is 9.78 Å². The summed E-state index contributed by atoms with van der Waals surface area (Å²) in [6.07, 6.45) is 5.51. The number of amides is 1. The molecule has 5 heteroatoms. The minimum Gasteiger partial charge on any atom is -0.493 e. The Hall–Kier alpha value is -3.34. The molecule has 1 saturated carbocycles. The molecule has 0 aliphatic heterocycles. The molecule has 1 amide bonds. The number of pyridine rings is 1. The van der Waals surface area contributed by atoms with Crippen LogP contribution in [0.15, 0.2) is 72.9 Å². The van der Waals surface area contributed by atoms with Gasteiger partial charge in [0.25, 0.3) is 0 Å². The first kappa shape index (κ1) is 21.9. The van der Waals surface area contributed by atoms with Crippen molar-refractivity contribution in [3.8, 4) is 11.5 Å². The van der Waals surface area contributed by atoms with Crippen molar-refractivity contribution in [1.29, 1.82) is 0 Å². The van der Waals surface area contributed by atoms with E-state index in [9.17, 15) is 4.79 Å². The summed E-state index contributed by atoms with van der Waals surface area (Å²) in [4.78, 5) is 19.3. The minimum absolute atomic E-state index is 0.215. The quantitative estimate of drug-likeness (QED) is 0.428. The van der Waals surface area contributed by atoms with Crippen LogP contribution in [-0.2, 0) is 24.4 Å². The van der Waals surface area contributed by atoms with Crippen molar-refractivity contribution >= 4 is 5.91 Å². The Balaban J connectivity index is 1.43. The van der Waals surface area contributed by atoms with E-state index < -0.39 is 0 Å². The van der Waals surface area contributed by atoms with Crippen molar-refractivity contribution in [2.75, 3.05) is 13.7 Å². The van der Waals surface area contributed by atoms with E-state index in [0.717, 1.165) is 23.2 Å². The van der Waals surface area contributed by atoms with Crippen LogP contribution in [0.3, 0.4) is 0 Å². The number of benzene rings is 2. The van der Waals surface area contributed by atoms with Crippen molar-refractivity contribution in [3.63, 3.8) is 0 Å². The number of aromatic nitrogens is 1. The maximum atomic E-state index is 12.9. The fraction of sp³-hybridized carbons (Fsp3) is 0.333. The fourth-order valence-corrected chi connectivity index (χ4v) is 3.67. The highest BCUT2D eigenvalue weighted by Gasteiger charge is 2.27. The Bertz CT molecular complexity index is 1000. The Kier molecular flexibility index (Phi) is 7.38. The second kappa shape index (κ2) is 10.8. The van der Waals surface area contributed by atoms with Crippen LogP contribution in [-0.4, -0.2) is 29.4 Å². The van der Waals surface area contributed by atoms with Gasteiger partial charge >= 0.3 is 0 Å². The number of hydrogen-bond acceptors (Lipinski definition) is 4. The molecule has 0 spiro atoms. The highest BCUT2D eigenvalue weighted by atomic mass is 16.5. The molecule has 0 N–H and O–H groups in total. The van der Waals surface area contributed by atoms with Crippen LogP contribution in [0.1, 0.15) is 36.1 Å². The van der Waals surface area contributed by atoms with Gasteiger partial charge < -0.3 is 14.4 Å². The molecule has 166 valence electrons. The Morgan fingerprint density at radius 2 is 1.81 bits per heavy atom. The van der Waals surface area contributed by atoms with E-state index in [-0.39, 0.29) is 5.91 Å². The van der Waals surface area contributed by atoms with Crippen LogP contribution in [0.5, 0.6) is 11.5 Å². The van der Waals surface area contributed by atoms with Gasteiger partial charge in [-0.2, -0.15) is 0 Å². The Labute approximate surface area is 190 Å². The lowest BCUT2D eigenvalue weighted by Crippen LogP contribution is -2.32. The molecular weight excluding hydrogens is 400 g/mol. The van der Waals surface area contributed by atoms with E-state index in [1.807, 2.05) is 71.6 Å². The molecule has 1 aliphatic carbocycles. The number of nitrogens with zero attached hydrogens (tertiary/aromatic N) is 2. The zero-order valence-corrected chi connectivity index (χ0v) is 18.6. The zero-order chi connectivity index (χ0) is 22.2. The molecule has 4 rings (SSSR count). The monoisotopic (exact) mass is 430 g/mol. The highest BCUT2D eigenvalue weighted by molar-refractivity contribution is 5.76. The van der Waals surface area contributed by atoms with Crippen LogP contribution in [0.2, 0.25) is 0 Å². The summed E-state index contributed by atoms with van der Waals surface area (Å²) in [5.41, 5.74) is 3.13. The first-order chi connectivity index (χ1) is 15.7. The largest absolute Gasteiger partial charge is 0.493 e. The SMILES string of the molecule is COc1cc(CN(CCc2ccccn2)C(=O)CC2CC2)ccc1OCc1ccccc1. The third kappa shape index (κ3) is 6.33. The molecular formula is C27H30N2O3. The summed E-state index contributed by atoms with van der Waals surface area (Å²) >= 11 is 0. The van der Waals surface area contributed by atoms with Gasteiger partial charge in [0.05, 0.1) is 7.11 Å². The van der Waals surface area contributed by atoms with E-state index in [2.05, 4.69) is 4.98 Å². The van der Waals surface area contributed by atoms with E-state index in [1.165, 1.54) is 12.8 Å². The van der Waals surface area contributed by atoms with E-state index in [1.54, 1.807) is 13.3 Å². The van der Waals surface area contributed by atoms with Gasteiger partial charge in [0.1, 0.15) is 6.61 Å². The number of hydrogen-bond donors (Lipinski definition) is 0. The van der Waals surface area contributed by atoms with Crippen molar-refractivity contribution in [2.45, 2.75) is 38.8 Å². The van der Waals surface area contributed by atoms with Crippen molar-refractivity contribution in [3.05, 3.63) is 89.7 Å². The first-order valence-corrected chi connectivity index (χ1v) is 11.2. The molecule has 1 aromatic heterocycles. The zero-order valence-electron chi connectivity index (χ0n) is 18.6. The van der Waals surface area contributed by atoms with Crippen molar-refractivity contribution in [2.24, 2.45) is 5.92 Å². The van der Waals surface area contributed by atoms with Crippen molar-refractivity contribution in [1.82, 2.24) is 9.88 Å². The molecule has 5 nitrogen and oxygen atoms in total. The van der Waals surface area contributed by atoms with Gasteiger partial charge in [0.2, 0.25) is 5.91 Å². The van der Waals surface area contributed by atoms with Gasteiger partial charge in [-0.1, -0.05) is 42.5 Å². The van der Waals surface area contributed by atoms with Crippen LogP contribution in [0.25, 0.3) is 0 Å². The molecule has 0 radical (unpaired) electrons. The molecule has 32 heavy (non-hydrogen) atoms. The topological polar surface area (TPSA) is 51.7 Å². The average Bonchev–Trinajstić information content (AvgIpc) is 3.66. The summed E-state index contributed by atoms with van der Waals surface area (Å²) in [6, 6.07) is 21.9. The van der Waals surface area contributed by atoms with E-state index in [0.29, 0.717) is 43.5 Å². The number of methoxy groups -OCH3 is 1. The molecule has 3 aromatic rings. The minimum atomic E-state index is 0.215. The number of carbonyl (C=O) groups is 1. The molecule has 1 fully saturated rings. The van der Waals surface area contributed by atoms with E-state index >= 15 is 0 Å². The maximum absolute atomic E-state index is 12.9. The molecule has 0 saturated heterocycles. The molecule has 0 atom stereocenters. The Morgan fingerprint density at radius 3 is 2.53 bits per heavy atom. The van der Waals surface area contributed by atoms with Gasteiger partial charge in [0.15, 0.2) is 11.5 Å². The number of rotatable bonds is 11. The van der Waals surface area contributed by atoms with Crippen LogP contribution < -0.4 is 9.47 Å². The van der Waals surface area contributed by atoms with Crippen LogP contribution >= 0.6 is 0 Å². The van der Waals surface area contributed by atoms with Crippen LogP contribution in [0, 0.1) is 5.92 Å². The summed E-state index contributed by atoms with van der Waals surface area (Å²) in [7, 11) is 1.64. The lowest BCUT2D eigenvalue weighted by Gasteiger charge is -2.23. The maximum Gasteiger partial charge on any atom is 0.223 e. The summed E-state index contributed by atoms with van der Waals surface area (Å²) in [6.45, 7) is 1.68. The standard InChI is InChI=1S/C27H30N2O3/c1-31-26-17-23(12-13-25(26)32-20-22-7-3-2-4-8-22)19-29(27(30)18-21-10-11-21)16-14-24-9-5-6-15-28-24/h2-9,12-13,15,17,21H,10-11,14,16,18-20H2,1H3. The predicted octanol–water partition coefficient (Wildman–Crippen LogP) is 5.04. The lowest BCUT2D eigenvalue weighted by molar-refractivity contribution is -0.132. The summed E-state index contributed by atoms with van der Waals surface area (Å²) in [5.74, 6) is 2.15. The van der Waals surface area contributed by atoms with Gasteiger partial charge in [-0.05, 0) is 54.2 Å². The number of ether oxygens (including phenoxy) is 2. The highest BCUT2D eigenvalue weighted by Crippen LogP contribution is 2.33. The number of carbonyl (C=O) groups excluding carboxylic acids is 1. The molecule has 1 aliphatic rings. The second-order valence-corrected chi connectivity index (χ2v) is 8.29. The fourth-order valence-electron chi connectivity index (χ4n) is 3.67. The van der Waals surface area contributed by atoms with Gasteiger partial charge in [-0.15, -0.1) is 0 Å². The summed E-state index contributed by atoms with van der Waals surface area (Å²) < 4.78 is 11.6. The first-order valence-electron chi connectivity index (χ1n) is 11.2. The van der Waals surface area contributed by atoms with Crippen molar-refractivity contribution < 1.29 is 14.3 Å². The Morgan fingerprint density at radius 1 is 1.00 bits per heavy atom. The lowest BCUT2D eigenvalue weighted by atomic mass is 10.1. The predicted molar refractivity (Wildman–Crippen MR) is 124 cm³/mol. The second-order valence-electron chi connectivity index (χ2n) is 8.29. The third-order valence-electron chi connectivity index (χ3n) is 5.72.